The summed E-state index contributed by atoms with van der Waals surface area (Å²) in [6.07, 6.45) is 6.27. The van der Waals surface area contributed by atoms with Crippen molar-refractivity contribution < 1.29 is 10.2 Å². The first-order valence-electron chi connectivity index (χ1n) is 10.4. The number of phenolic OH excluding ortho intramolecular Hbond substituents is 1. The molecule has 160 valence electrons. The van der Waals surface area contributed by atoms with Gasteiger partial charge in [0, 0.05) is 41.1 Å². The molecule has 8 heteroatoms. The molecule has 0 atom stereocenters. The summed E-state index contributed by atoms with van der Waals surface area (Å²) in [4.78, 5) is 16.5. The van der Waals surface area contributed by atoms with E-state index in [9.17, 15) is 15.5 Å². The molecule has 0 bridgehead atoms. The molecule has 3 heterocycles. The molecule has 0 amide bonds. The minimum absolute atomic E-state index is 0.187. The van der Waals surface area contributed by atoms with Gasteiger partial charge in [0.2, 0.25) is 5.95 Å². The molecule has 5 rings (SSSR count). The van der Waals surface area contributed by atoms with Crippen LogP contribution in [0.5, 0.6) is 5.75 Å². The first-order valence-corrected chi connectivity index (χ1v) is 10.4. The Balaban J connectivity index is 1.52. The molecule has 4 N–H and O–H groups in total. The van der Waals surface area contributed by atoms with E-state index in [0.29, 0.717) is 46.5 Å². The minimum atomic E-state index is -0.239. The van der Waals surface area contributed by atoms with Gasteiger partial charge in [0.05, 0.1) is 17.4 Å². The fourth-order valence-electron chi connectivity index (χ4n) is 4.22. The number of anilines is 1. The van der Waals surface area contributed by atoms with Gasteiger partial charge in [-0.1, -0.05) is 6.07 Å². The number of aromatic hydroxyl groups is 1. The Morgan fingerprint density at radius 2 is 1.88 bits per heavy atom. The number of nitrogens with zero attached hydrogens (tertiary/aromatic N) is 4. The number of nitrogens with one attached hydrogen (secondary N) is 2. The topological polar surface area (TPSA) is 131 Å². The Labute approximate surface area is 184 Å². The fraction of sp³-hybridized carbons (Fsp3) is 0.250. The smallest absolute Gasteiger partial charge is 0.222 e. The van der Waals surface area contributed by atoms with Crippen molar-refractivity contribution in [3.05, 3.63) is 53.5 Å². The summed E-state index contributed by atoms with van der Waals surface area (Å²) >= 11 is 0. The normalized spacial score (nSPS) is 17.7. The summed E-state index contributed by atoms with van der Waals surface area (Å²) in [7, 11) is 0. The number of pyridine rings is 1. The third-order valence-electron chi connectivity index (χ3n) is 6.09. The van der Waals surface area contributed by atoms with Gasteiger partial charge in [0.25, 0.3) is 0 Å². The number of aromatic amines is 1. The largest absolute Gasteiger partial charge is 0.508 e. The average molecular weight is 426 g/mol. The van der Waals surface area contributed by atoms with Gasteiger partial charge < -0.3 is 20.5 Å². The SMILES string of the molecule is Cc1ccc(O)c(C)c1-c1cnc2[nH]c(-c3cnc(NC4CC(O)C4)nc3)cc2c1C#N. The predicted molar refractivity (Wildman–Crippen MR) is 121 cm³/mol. The standard InChI is InChI=1S/C24H22N6O2/c1-12-3-4-21(32)13(2)22(12)19-11-26-23-17(18(19)8-25)7-20(30-23)14-9-27-24(28-10-14)29-15-5-16(31)6-15/h3-4,7,9-11,15-16,31-32H,5-6H2,1-2H3,(H,26,30)(H,27,28,29). The van der Waals surface area contributed by atoms with Gasteiger partial charge in [-0.15, -0.1) is 0 Å². The predicted octanol–water partition coefficient (Wildman–Crippen LogP) is 3.82. The molecule has 0 aliphatic heterocycles. The Hall–Kier alpha value is -3.96. The van der Waals surface area contributed by atoms with Gasteiger partial charge in [-0.2, -0.15) is 5.26 Å². The van der Waals surface area contributed by atoms with Crippen LogP contribution in [0.3, 0.4) is 0 Å². The first kappa shape index (κ1) is 20.0. The molecular formula is C24H22N6O2. The molecule has 0 radical (unpaired) electrons. The third kappa shape index (κ3) is 3.33. The zero-order valence-corrected chi connectivity index (χ0v) is 17.7. The van der Waals surface area contributed by atoms with Crippen LogP contribution in [0.2, 0.25) is 0 Å². The van der Waals surface area contributed by atoms with Crippen LogP contribution in [0, 0.1) is 25.2 Å². The van der Waals surface area contributed by atoms with Gasteiger partial charge >= 0.3 is 0 Å². The monoisotopic (exact) mass is 426 g/mol. The molecule has 0 spiro atoms. The van der Waals surface area contributed by atoms with Crippen molar-refractivity contribution in [2.75, 3.05) is 5.32 Å². The maximum Gasteiger partial charge on any atom is 0.222 e. The molecule has 32 heavy (non-hydrogen) atoms. The number of benzene rings is 1. The number of aryl methyl sites for hydroxylation is 1. The lowest BCUT2D eigenvalue weighted by atomic mass is 9.90. The van der Waals surface area contributed by atoms with Crippen LogP contribution in [0.25, 0.3) is 33.4 Å². The van der Waals surface area contributed by atoms with E-state index in [1.165, 1.54) is 0 Å². The van der Waals surface area contributed by atoms with E-state index in [1.54, 1.807) is 24.7 Å². The third-order valence-corrected chi connectivity index (χ3v) is 6.09. The molecule has 4 aromatic rings. The summed E-state index contributed by atoms with van der Waals surface area (Å²) in [6.45, 7) is 3.79. The molecule has 1 aromatic carbocycles. The van der Waals surface area contributed by atoms with Crippen LogP contribution in [0.15, 0.2) is 36.8 Å². The van der Waals surface area contributed by atoms with Crippen LogP contribution in [-0.2, 0) is 0 Å². The molecular weight excluding hydrogens is 404 g/mol. The van der Waals surface area contributed by atoms with E-state index in [4.69, 9.17) is 0 Å². The Morgan fingerprint density at radius 3 is 2.56 bits per heavy atom. The number of H-pyrrole nitrogens is 1. The van der Waals surface area contributed by atoms with E-state index < -0.39 is 0 Å². The van der Waals surface area contributed by atoms with Gasteiger partial charge in [0.15, 0.2) is 0 Å². The van der Waals surface area contributed by atoms with Crippen molar-refractivity contribution in [1.82, 2.24) is 19.9 Å². The number of nitriles is 1. The highest BCUT2D eigenvalue weighted by molar-refractivity contribution is 5.94. The molecule has 8 nitrogen and oxygen atoms in total. The number of aliphatic hydroxyl groups is 1. The number of hydrogen-bond acceptors (Lipinski definition) is 7. The number of aromatic nitrogens is 4. The summed E-state index contributed by atoms with van der Waals surface area (Å²) in [5.74, 6) is 0.710. The number of fused-ring (bicyclic) bond motifs is 1. The molecule has 1 aliphatic carbocycles. The number of rotatable bonds is 4. The summed E-state index contributed by atoms with van der Waals surface area (Å²) in [5.41, 5.74) is 5.82. The number of hydrogen-bond donors (Lipinski definition) is 4. The molecule has 1 fully saturated rings. The summed E-state index contributed by atoms with van der Waals surface area (Å²) in [5, 5.41) is 33.5. The second-order valence-corrected chi connectivity index (χ2v) is 8.27. The first-order chi connectivity index (χ1) is 15.4. The van der Waals surface area contributed by atoms with Gasteiger partial charge in [0.1, 0.15) is 17.5 Å². The fourth-order valence-corrected chi connectivity index (χ4v) is 4.22. The zero-order chi connectivity index (χ0) is 22.4. The van der Waals surface area contributed by atoms with E-state index >= 15 is 0 Å². The highest BCUT2D eigenvalue weighted by Gasteiger charge is 2.27. The van der Waals surface area contributed by atoms with E-state index in [-0.39, 0.29) is 17.9 Å². The molecule has 0 saturated heterocycles. The number of aliphatic hydroxyl groups excluding tert-OH is 1. The van der Waals surface area contributed by atoms with Crippen molar-refractivity contribution in [3.8, 4) is 34.2 Å². The summed E-state index contributed by atoms with van der Waals surface area (Å²) in [6, 6.07) is 7.90. The van der Waals surface area contributed by atoms with E-state index in [2.05, 4.69) is 31.3 Å². The Morgan fingerprint density at radius 1 is 1.12 bits per heavy atom. The van der Waals surface area contributed by atoms with Crippen molar-refractivity contribution in [1.29, 1.82) is 5.26 Å². The van der Waals surface area contributed by atoms with Crippen molar-refractivity contribution in [2.24, 2.45) is 0 Å². The molecule has 0 unspecified atom stereocenters. The van der Waals surface area contributed by atoms with Crippen molar-refractivity contribution in [2.45, 2.75) is 38.8 Å². The second kappa shape index (κ2) is 7.62. The average Bonchev–Trinajstić information content (AvgIpc) is 3.20. The maximum atomic E-state index is 10.2. The lowest BCUT2D eigenvalue weighted by Crippen LogP contribution is -2.39. The van der Waals surface area contributed by atoms with Gasteiger partial charge in [-0.05, 0) is 55.5 Å². The van der Waals surface area contributed by atoms with Crippen LogP contribution in [0.1, 0.15) is 29.5 Å². The zero-order valence-electron chi connectivity index (χ0n) is 17.7. The number of phenols is 1. The Kier molecular flexibility index (Phi) is 4.76. The van der Waals surface area contributed by atoms with E-state index in [0.717, 1.165) is 22.4 Å². The van der Waals surface area contributed by atoms with Crippen molar-refractivity contribution in [3.63, 3.8) is 0 Å². The minimum Gasteiger partial charge on any atom is -0.508 e. The highest BCUT2D eigenvalue weighted by Crippen LogP contribution is 2.37. The van der Waals surface area contributed by atoms with E-state index in [1.807, 2.05) is 26.0 Å². The van der Waals surface area contributed by atoms with Crippen LogP contribution < -0.4 is 5.32 Å². The second-order valence-electron chi connectivity index (χ2n) is 8.27. The van der Waals surface area contributed by atoms with Crippen molar-refractivity contribution >= 4 is 17.0 Å². The van der Waals surface area contributed by atoms with Crippen LogP contribution in [0.4, 0.5) is 5.95 Å². The maximum absolute atomic E-state index is 10.2. The quantitative estimate of drug-likeness (QED) is 0.390. The lowest BCUT2D eigenvalue weighted by molar-refractivity contribution is 0.0834. The van der Waals surface area contributed by atoms with Crippen LogP contribution in [-0.4, -0.2) is 42.3 Å². The molecule has 1 saturated carbocycles. The van der Waals surface area contributed by atoms with Gasteiger partial charge in [-0.25, -0.2) is 15.0 Å². The van der Waals surface area contributed by atoms with Gasteiger partial charge in [-0.3, -0.25) is 0 Å². The lowest BCUT2D eigenvalue weighted by Gasteiger charge is -2.31. The Bertz CT molecular complexity index is 1360. The molecule has 1 aliphatic rings. The highest BCUT2D eigenvalue weighted by atomic mass is 16.3. The summed E-state index contributed by atoms with van der Waals surface area (Å²) < 4.78 is 0. The molecule has 3 aromatic heterocycles. The van der Waals surface area contributed by atoms with Crippen LogP contribution >= 0.6 is 0 Å².